The summed E-state index contributed by atoms with van der Waals surface area (Å²) < 4.78 is 32.6. The molecule has 0 spiro atoms. The lowest BCUT2D eigenvalue weighted by Gasteiger charge is -1.69. The molecule has 1 nitrogen and oxygen atoms in total. The highest BCUT2D eigenvalue weighted by Gasteiger charge is 2.27. The number of halogens is 3. The van der Waals surface area contributed by atoms with Gasteiger partial charge in [-0.05, 0) is 0 Å². The van der Waals surface area contributed by atoms with Crippen LogP contribution in [0.4, 0.5) is 11.6 Å². The molecule has 0 fully saturated rings. The molecule has 0 aliphatic rings. The Balaban J connectivity index is 2.54. The zero-order valence-electron chi connectivity index (χ0n) is 2.12. The lowest BCUT2D eigenvalue weighted by atomic mass is 15.6. The fraction of sp³-hybridized carbons (Fsp3) is 0. The number of hydrogen-bond donors (Lipinski definition) is 0. The second-order valence-electron chi connectivity index (χ2n) is 0.350. The van der Waals surface area contributed by atoms with Gasteiger partial charge in [-0.1, -0.05) is 4.53 Å². The van der Waals surface area contributed by atoms with Crippen LogP contribution in [0.1, 0.15) is 0 Å². The van der Waals surface area contributed by atoms with Crippen LogP contribution in [0.3, 0.4) is 0 Å². The molecule has 0 atom stereocenters. The van der Waals surface area contributed by atoms with Gasteiger partial charge in [-0.3, -0.25) is 3.99 Å². The van der Waals surface area contributed by atoms with E-state index in [-0.39, 0.29) is 0 Å². The smallest absolute Gasteiger partial charge is 0.348 e. The molecule has 5 heavy (non-hydrogen) atoms. The molecule has 0 heterocycles. The van der Waals surface area contributed by atoms with E-state index in [4.69, 9.17) is 0 Å². The van der Waals surface area contributed by atoms with E-state index in [0.717, 1.165) is 0 Å². The lowest BCUT2D eigenvalue weighted by molar-refractivity contribution is -0.0360. The van der Waals surface area contributed by atoms with Gasteiger partial charge in [0.05, 0.1) is 0 Å². The van der Waals surface area contributed by atoms with E-state index in [0.29, 0.717) is 0 Å². The van der Waals surface area contributed by atoms with Crippen LogP contribution in [0.5, 0.6) is 0 Å². The molecule has 0 rings (SSSR count). The topological polar surface area (TPSA) is 9.23 Å². The quantitative estimate of drug-likeness (QED) is 0.443. The monoisotopic (exact) mass is 100.0 g/mol. The second-order valence-corrected chi connectivity index (χ2v) is 1.05. The van der Waals surface area contributed by atoms with E-state index in [1.807, 2.05) is 0 Å². The predicted octanol–water partition coefficient (Wildman–Crippen LogP) is 0.811. The van der Waals surface area contributed by atoms with Gasteiger partial charge in [-0.25, -0.2) is 0 Å². The van der Waals surface area contributed by atoms with Crippen molar-refractivity contribution in [2.24, 2.45) is 0 Å². The van der Waals surface area contributed by atoms with E-state index >= 15 is 0 Å². The first-order chi connectivity index (χ1) is 2.27. The Morgan fingerprint density at radius 2 is 1.60 bits per heavy atom. The third kappa shape index (κ3) is 4.28. The van der Waals surface area contributed by atoms with Gasteiger partial charge in [0.15, 0.2) is 0 Å². The van der Waals surface area contributed by atoms with Crippen LogP contribution in [0, 0.1) is 0 Å². The molecule has 0 radical (unpaired) electrons. The highest BCUT2D eigenvalue weighted by Crippen LogP contribution is 1.85. The van der Waals surface area contributed by atoms with Crippen molar-refractivity contribution in [3.8, 4) is 0 Å². The maximum atomic E-state index is 10.3. The van der Waals surface area contributed by atoms with Gasteiger partial charge in [0, 0.05) is 0 Å². The maximum absolute atomic E-state index is 10.3. The lowest BCUT2D eigenvalue weighted by Crippen LogP contribution is -1.93. The summed E-state index contributed by atoms with van der Waals surface area (Å²) in [5, 5.41) is 0. The molecular weight excluding hydrogens is 100.0 g/mol. The fourth-order valence-electron chi connectivity index (χ4n) is 0. The van der Waals surface area contributed by atoms with Crippen LogP contribution in [0.15, 0.2) is 0 Å². The van der Waals surface area contributed by atoms with Crippen molar-refractivity contribution in [3.05, 3.63) is 0 Å². The predicted molar refractivity (Wildman–Crippen MR) is 10.2 cm³/mol. The highest BCUT2D eigenvalue weighted by atomic mass is 27.3. The molecule has 0 aromatic heterocycles. The Morgan fingerprint density at radius 1 is 1.40 bits per heavy atom. The van der Waals surface area contributed by atoms with Crippen LogP contribution >= 0.6 is 0 Å². The second kappa shape index (κ2) is 2.52. The molecule has 0 amide bonds. The van der Waals surface area contributed by atoms with Gasteiger partial charge in [0.25, 0.3) is 0 Å². The van der Waals surface area contributed by atoms with Crippen molar-refractivity contribution in [1.82, 2.24) is 0 Å². The molecule has 0 aliphatic heterocycles. The van der Waals surface area contributed by atoms with Crippen LogP contribution < -0.4 is 0 Å². The summed E-state index contributed by atoms with van der Waals surface area (Å²) in [6.07, 6.45) is 0. The average molecular weight is 100.0 g/mol. The Hall–Kier alpha value is 0.282. The first-order valence-corrected chi connectivity index (χ1v) is 2.17. The molecule has 0 aromatic carbocycles. The number of rotatable bonds is 1. The van der Waals surface area contributed by atoms with Gasteiger partial charge >= 0.3 is 15.4 Å². The van der Waals surface area contributed by atoms with E-state index in [2.05, 4.69) is 3.99 Å². The van der Waals surface area contributed by atoms with Crippen molar-refractivity contribution in [3.63, 3.8) is 0 Å². The van der Waals surface area contributed by atoms with Gasteiger partial charge in [-0.2, -0.15) is 0 Å². The Kier molecular flexibility index (Phi) is 2.66. The summed E-state index contributed by atoms with van der Waals surface area (Å²) in [5.74, 6) is 0. The Labute approximate surface area is 31.9 Å². The minimum absolute atomic E-state index is 2.06. The first kappa shape index (κ1) is 5.28. The van der Waals surface area contributed by atoms with E-state index < -0.39 is 15.4 Å². The van der Waals surface area contributed by atoms with Crippen molar-refractivity contribution >= 4 is 15.4 Å². The summed E-state index contributed by atoms with van der Waals surface area (Å²) in [6, 6.07) is 0. The summed E-state index contributed by atoms with van der Waals surface area (Å²) in [7, 11) is 0. The van der Waals surface area contributed by atoms with Gasteiger partial charge in [0.2, 0.25) is 0 Å². The number of hydrogen-bond acceptors (Lipinski definition) is 1. The summed E-state index contributed by atoms with van der Waals surface area (Å²) in [4.78, 5) is 0. The van der Waals surface area contributed by atoms with Crippen LogP contribution in [0.2, 0.25) is 0 Å². The van der Waals surface area contributed by atoms with Crippen molar-refractivity contribution < 1.29 is 15.6 Å². The Morgan fingerprint density at radius 3 is 1.60 bits per heavy atom. The molecular formula is AlF3O. The first-order valence-electron chi connectivity index (χ1n) is 0.826. The molecule has 30 valence electrons. The molecule has 0 unspecified atom stereocenters. The van der Waals surface area contributed by atoms with E-state index in [1.165, 1.54) is 0 Å². The molecule has 0 aliphatic carbocycles. The third-order valence-corrected chi connectivity index (χ3v) is 0.202. The van der Waals surface area contributed by atoms with E-state index in [1.54, 1.807) is 0 Å². The molecule has 0 saturated heterocycles. The normalized spacial score (nSPS) is 7.80. The maximum Gasteiger partial charge on any atom is 1.03 e. The van der Waals surface area contributed by atoms with Crippen molar-refractivity contribution in [1.29, 1.82) is 0 Å². The summed E-state index contributed by atoms with van der Waals surface area (Å²) in [5.41, 5.74) is 0. The molecule has 0 aromatic rings. The zero-order valence-corrected chi connectivity index (χ0v) is 3.27. The summed E-state index contributed by atoms with van der Waals surface area (Å²) >= 11 is -4.32. The molecule has 5 heteroatoms. The molecule has 0 bridgehead atoms. The highest BCUT2D eigenvalue weighted by molar-refractivity contribution is 6.33. The van der Waals surface area contributed by atoms with Crippen molar-refractivity contribution in [2.45, 2.75) is 0 Å². The largest absolute Gasteiger partial charge is 1.03 e. The van der Waals surface area contributed by atoms with Gasteiger partial charge in [0.1, 0.15) is 0 Å². The minimum Gasteiger partial charge on any atom is -0.348 e. The average Bonchev–Trinajstić information content (AvgIpc) is 1.38. The van der Waals surface area contributed by atoms with Gasteiger partial charge < -0.3 is 7.05 Å². The standard InChI is InChI=1S/Al.FO.2FH/c;1-2;;/h;;2*1H/q+3;-1;;/p-2. The van der Waals surface area contributed by atoms with Gasteiger partial charge in [-0.15, -0.1) is 0 Å². The van der Waals surface area contributed by atoms with Crippen LogP contribution in [-0.4, -0.2) is 15.4 Å². The van der Waals surface area contributed by atoms with Crippen LogP contribution in [-0.2, 0) is 3.99 Å². The Bertz CT molecular complexity index is 20.9. The fourth-order valence-corrected chi connectivity index (χ4v) is 0. The summed E-state index contributed by atoms with van der Waals surface area (Å²) in [6.45, 7) is 0. The van der Waals surface area contributed by atoms with Crippen LogP contribution in [0.25, 0.3) is 0 Å². The zero-order chi connectivity index (χ0) is 4.28. The minimum atomic E-state index is -4.32. The van der Waals surface area contributed by atoms with E-state index in [9.17, 15) is 11.6 Å². The SMILES string of the molecule is F[O][Al]([F])[F]. The van der Waals surface area contributed by atoms with Crippen molar-refractivity contribution in [2.75, 3.05) is 0 Å². The molecule has 0 N–H and O–H groups in total. The molecule has 0 saturated carbocycles. The third-order valence-electron chi connectivity index (χ3n) is 0.0673.